The van der Waals surface area contributed by atoms with Crippen LogP contribution in [0.3, 0.4) is 0 Å². The number of benzene rings is 1. The van der Waals surface area contributed by atoms with E-state index in [1.54, 1.807) is 11.8 Å². The third-order valence-corrected chi connectivity index (χ3v) is 5.91. The standard InChI is InChI=1S/C17H20F3NOS/c18-17(19,20)14-8-6-13(7-9-14)16-21(10-11-23-16)15(22)12-4-2-1-3-5-12/h6-9,12,16H,1-5,10-11H2. The van der Waals surface area contributed by atoms with E-state index in [0.717, 1.165) is 49.1 Å². The molecule has 3 rings (SSSR count). The van der Waals surface area contributed by atoms with Crippen molar-refractivity contribution in [2.24, 2.45) is 5.92 Å². The molecule has 0 aromatic heterocycles. The summed E-state index contributed by atoms with van der Waals surface area (Å²) in [5, 5.41) is -0.147. The van der Waals surface area contributed by atoms with Gasteiger partial charge in [0.2, 0.25) is 5.91 Å². The first-order chi connectivity index (χ1) is 11.0. The number of alkyl halides is 3. The Morgan fingerprint density at radius 3 is 2.35 bits per heavy atom. The number of rotatable bonds is 2. The van der Waals surface area contributed by atoms with Crippen molar-refractivity contribution in [2.45, 2.75) is 43.7 Å². The van der Waals surface area contributed by atoms with E-state index >= 15 is 0 Å². The molecule has 2 nitrogen and oxygen atoms in total. The summed E-state index contributed by atoms with van der Waals surface area (Å²) in [4.78, 5) is 14.6. The zero-order valence-electron chi connectivity index (χ0n) is 12.8. The van der Waals surface area contributed by atoms with Crippen LogP contribution in [0.15, 0.2) is 24.3 Å². The minimum absolute atomic E-state index is 0.0967. The first kappa shape index (κ1) is 16.7. The molecule has 1 unspecified atom stereocenters. The predicted octanol–water partition coefficient (Wildman–Crippen LogP) is 4.86. The average Bonchev–Trinajstić information content (AvgIpc) is 3.04. The highest BCUT2D eigenvalue weighted by molar-refractivity contribution is 7.99. The maximum Gasteiger partial charge on any atom is 0.416 e. The second-order valence-electron chi connectivity index (χ2n) is 6.21. The molecule has 1 aromatic carbocycles. The molecule has 0 spiro atoms. The van der Waals surface area contributed by atoms with E-state index in [-0.39, 0.29) is 17.2 Å². The number of carbonyl (C=O) groups is 1. The van der Waals surface area contributed by atoms with E-state index < -0.39 is 11.7 Å². The van der Waals surface area contributed by atoms with Crippen molar-refractivity contribution < 1.29 is 18.0 Å². The molecule has 0 bridgehead atoms. The van der Waals surface area contributed by atoms with Gasteiger partial charge in [0, 0.05) is 18.2 Å². The van der Waals surface area contributed by atoms with Crippen molar-refractivity contribution in [2.75, 3.05) is 12.3 Å². The van der Waals surface area contributed by atoms with Crippen molar-refractivity contribution in [3.05, 3.63) is 35.4 Å². The number of halogens is 3. The molecule has 2 fully saturated rings. The first-order valence-electron chi connectivity index (χ1n) is 8.06. The molecule has 0 radical (unpaired) electrons. The molecule has 23 heavy (non-hydrogen) atoms. The van der Waals surface area contributed by atoms with Gasteiger partial charge in [-0.1, -0.05) is 31.4 Å². The molecule has 1 aliphatic heterocycles. The predicted molar refractivity (Wildman–Crippen MR) is 84.9 cm³/mol. The van der Waals surface area contributed by atoms with Crippen LogP contribution in [-0.4, -0.2) is 23.1 Å². The van der Waals surface area contributed by atoms with Crippen LogP contribution < -0.4 is 0 Å². The largest absolute Gasteiger partial charge is 0.416 e. The fourth-order valence-corrected chi connectivity index (χ4v) is 4.66. The van der Waals surface area contributed by atoms with Crippen LogP contribution in [0.25, 0.3) is 0 Å². The van der Waals surface area contributed by atoms with E-state index in [2.05, 4.69) is 0 Å². The molecular weight excluding hydrogens is 323 g/mol. The summed E-state index contributed by atoms with van der Waals surface area (Å²) in [5.74, 6) is 1.11. The molecule has 1 amide bonds. The van der Waals surface area contributed by atoms with Crippen LogP contribution >= 0.6 is 11.8 Å². The van der Waals surface area contributed by atoms with Crippen molar-refractivity contribution in [3.8, 4) is 0 Å². The van der Waals surface area contributed by atoms with Crippen molar-refractivity contribution >= 4 is 17.7 Å². The Hall–Kier alpha value is -1.17. The fraction of sp³-hybridized carbons (Fsp3) is 0.588. The highest BCUT2D eigenvalue weighted by Gasteiger charge is 2.36. The van der Waals surface area contributed by atoms with Gasteiger partial charge in [-0.05, 0) is 30.5 Å². The number of hydrogen-bond donors (Lipinski definition) is 0. The fourth-order valence-electron chi connectivity index (χ4n) is 3.39. The first-order valence-corrected chi connectivity index (χ1v) is 9.11. The Morgan fingerprint density at radius 2 is 1.74 bits per heavy atom. The van der Waals surface area contributed by atoms with Crippen molar-refractivity contribution in [1.82, 2.24) is 4.90 Å². The molecule has 0 N–H and O–H groups in total. The summed E-state index contributed by atoms with van der Waals surface area (Å²) in [6, 6.07) is 5.23. The van der Waals surface area contributed by atoms with E-state index in [9.17, 15) is 18.0 Å². The van der Waals surface area contributed by atoms with Gasteiger partial charge < -0.3 is 4.90 Å². The molecular formula is C17H20F3NOS. The normalized spacial score (nSPS) is 23.3. The minimum Gasteiger partial charge on any atom is -0.325 e. The van der Waals surface area contributed by atoms with Crippen LogP contribution in [0.5, 0.6) is 0 Å². The summed E-state index contributed by atoms with van der Waals surface area (Å²) in [7, 11) is 0. The Labute approximate surface area is 138 Å². The van der Waals surface area contributed by atoms with Crippen LogP contribution in [0.4, 0.5) is 13.2 Å². The Morgan fingerprint density at radius 1 is 1.09 bits per heavy atom. The van der Waals surface area contributed by atoms with Gasteiger partial charge in [0.1, 0.15) is 5.37 Å². The Kier molecular flexibility index (Phi) is 4.90. The lowest BCUT2D eigenvalue weighted by Crippen LogP contribution is -2.36. The molecule has 1 saturated heterocycles. The van der Waals surface area contributed by atoms with Gasteiger partial charge in [-0.25, -0.2) is 0 Å². The lowest BCUT2D eigenvalue weighted by atomic mass is 9.88. The molecule has 1 saturated carbocycles. The lowest BCUT2D eigenvalue weighted by Gasteiger charge is -2.30. The van der Waals surface area contributed by atoms with Crippen LogP contribution in [0.1, 0.15) is 48.6 Å². The van der Waals surface area contributed by atoms with E-state index in [1.807, 2.05) is 4.90 Å². The van der Waals surface area contributed by atoms with Gasteiger partial charge in [0.25, 0.3) is 0 Å². The molecule has 2 aliphatic rings. The van der Waals surface area contributed by atoms with Crippen LogP contribution in [0.2, 0.25) is 0 Å². The molecule has 126 valence electrons. The second-order valence-corrected chi connectivity index (χ2v) is 7.40. The summed E-state index contributed by atoms with van der Waals surface area (Å²) in [6.45, 7) is 0.686. The van der Waals surface area contributed by atoms with Crippen LogP contribution in [0, 0.1) is 5.92 Å². The zero-order chi connectivity index (χ0) is 16.4. The quantitative estimate of drug-likeness (QED) is 0.764. The van der Waals surface area contributed by atoms with Gasteiger partial charge >= 0.3 is 6.18 Å². The van der Waals surface area contributed by atoms with Crippen LogP contribution in [-0.2, 0) is 11.0 Å². The average molecular weight is 343 g/mol. The van der Waals surface area contributed by atoms with Gasteiger partial charge in [-0.15, -0.1) is 11.8 Å². The summed E-state index contributed by atoms with van der Waals surface area (Å²) in [6.07, 6.45) is 0.962. The highest BCUT2D eigenvalue weighted by atomic mass is 32.2. The molecule has 1 atom stereocenters. The zero-order valence-corrected chi connectivity index (χ0v) is 13.6. The number of amides is 1. The smallest absolute Gasteiger partial charge is 0.325 e. The van der Waals surface area contributed by atoms with Gasteiger partial charge in [-0.3, -0.25) is 4.79 Å². The lowest BCUT2D eigenvalue weighted by molar-refractivity contribution is -0.138. The Bertz CT molecular complexity index is 552. The van der Waals surface area contributed by atoms with Crippen molar-refractivity contribution in [3.63, 3.8) is 0 Å². The molecule has 1 heterocycles. The van der Waals surface area contributed by atoms with E-state index in [1.165, 1.54) is 18.6 Å². The monoisotopic (exact) mass is 343 g/mol. The molecule has 1 aromatic rings. The summed E-state index contributed by atoms with van der Waals surface area (Å²) >= 11 is 1.63. The molecule has 1 aliphatic carbocycles. The maximum absolute atomic E-state index is 12.7. The number of carbonyl (C=O) groups excluding carboxylic acids is 1. The summed E-state index contributed by atoms with van der Waals surface area (Å²) in [5.41, 5.74) is 0.138. The van der Waals surface area contributed by atoms with E-state index in [4.69, 9.17) is 0 Å². The van der Waals surface area contributed by atoms with Gasteiger partial charge in [-0.2, -0.15) is 13.2 Å². The number of hydrogen-bond acceptors (Lipinski definition) is 2. The number of nitrogens with zero attached hydrogens (tertiary/aromatic N) is 1. The summed E-state index contributed by atoms with van der Waals surface area (Å²) < 4.78 is 38.0. The third kappa shape index (κ3) is 3.67. The molecule has 6 heteroatoms. The second kappa shape index (κ2) is 6.75. The number of thioether (sulfide) groups is 1. The van der Waals surface area contributed by atoms with Gasteiger partial charge in [0.05, 0.1) is 5.56 Å². The SMILES string of the molecule is O=C(C1CCCCC1)N1CCSC1c1ccc(C(F)(F)F)cc1. The van der Waals surface area contributed by atoms with E-state index in [0.29, 0.717) is 6.54 Å². The highest BCUT2D eigenvalue weighted by Crippen LogP contribution is 2.41. The topological polar surface area (TPSA) is 20.3 Å². The Balaban J connectivity index is 1.74. The third-order valence-electron chi connectivity index (χ3n) is 4.65. The van der Waals surface area contributed by atoms with Gasteiger partial charge in [0.15, 0.2) is 0 Å². The maximum atomic E-state index is 12.7. The van der Waals surface area contributed by atoms with Crippen molar-refractivity contribution in [1.29, 1.82) is 0 Å². The minimum atomic E-state index is -4.32.